The number of hydrogen-bond acceptors (Lipinski definition) is 3. The van der Waals surface area contributed by atoms with E-state index in [1.165, 1.54) is 16.7 Å². The Morgan fingerprint density at radius 2 is 1.83 bits per heavy atom. The van der Waals surface area contributed by atoms with Crippen LogP contribution in [0.3, 0.4) is 0 Å². The van der Waals surface area contributed by atoms with E-state index in [2.05, 4.69) is 35.9 Å². The molecule has 1 aromatic rings. The van der Waals surface area contributed by atoms with Gasteiger partial charge in [-0.2, -0.15) is 4.99 Å². The van der Waals surface area contributed by atoms with Gasteiger partial charge in [0, 0.05) is 25.3 Å². The Kier molecular flexibility index (Phi) is 3.27. The van der Waals surface area contributed by atoms with Crippen molar-refractivity contribution in [1.29, 1.82) is 0 Å². The average Bonchev–Trinajstić information content (AvgIpc) is 2.26. The molecule has 0 N–H and O–H groups in total. The van der Waals surface area contributed by atoms with Crippen molar-refractivity contribution in [3.05, 3.63) is 28.8 Å². The predicted molar refractivity (Wildman–Crippen MR) is 73.9 cm³/mol. The summed E-state index contributed by atoms with van der Waals surface area (Å²) in [6, 6.07) is 4.37. The maximum absolute atomic E-state index is 10.7. The summed E-state index contributed by atoms with van der Waals surface area (Å²) in [5.74, 6) is 0. The SMILES string of the molecule is Cc1cc(N(C)C)c(C2(N=C=O)CCC2)cc1C. The molecule has 1 saturated carbocycles. The van der Waals surface area contributed by atoms with E-state index < -0.39 is 0 Å². The minimum atomic E-state index is -0.320. The highest BCUT2D eigenvalue weighted by Gasteiger charge is 2.41. The zero-order valence-corrected chi connectivity index (χ0v) is 11.6. The van der Waals surface area contributed by atoms with E-state index in [0.29, 0.717) is 0 Å². The second-order valence-corrected chi connectivity index (χ2v) is 5.44. The summed E-state index contributed by atoms with van der Waals surface area (Å²) >= 11 is 0. The van der Waals surface area contributed by atoms with Crippen molar-refractivity contribution in [2.45, 2.75) is 38.6 Å². The Bertz CT molecular complexity index is 509. The lowest BCUT2D eigenvalue weighted by Gasteiger charge is -2.39. The molecule has 0 heterocycles. The third-order valence-electron chi connectivity index (χ3n) is 4.04. The van der Waals surface area contributed by atoms with Crippen LogP contribution in [0.1, 0.15) is 36.0 Å². The van der Waals surface area contributed by atoms with Crippen LogP contribution >= 0.6 is 0 Å². The number of isocyanates is 1. The molecular weight excluding hydrogens is 224 g/mol. The van der Waals surface area contributed by atoms with Crippen LogP contribution in [0.4, 0.5) is 5.69 Å². The van der Waals surface area contributed by atoms with E-state index in [1.807, 2.05) is 14.1 Å². The molecule has 0 spiro atoms. The van der Waals surface area contributed by atoms with Crippen LogP contribution in [0.5, 0.6) is 0 Å². The van der Waals surface area contributed by atoms with Crippen LogP contribution in [-0.4, -0.2) is 20.2 Å². The standard InChI is InChI=1S/C15H20N2O/c1-11-8-13(14(17(3)4)9-12(11)2)15(16-10-18)6-5-7-15/h8-9H,5-7H2,1-4H3. The first-order valence-electron chi connectivity index (χ1n) is 6.38. The lowest BCUT2D eigenvalue weighted by atomic mass is 9.71. The maximum atomic E-state index is 10.7. The number of carbonyl (C=O) groups excluding carboxylic acids is 1. The van der Waals surface area contributed by atoms with Gasteiger partial charge in [-0.1, -0.05) is 6.07 Å². The van der Waals surface area contributed by atoms with Gasteiger partial charge < -0.3 is 4.90 Å². The van der Waals surface area contributed by atoms with Crippen molar-refractivity contribution in [2.75, 3.05) is 19.0 Å². The summed E-state index contributed by atoms with van der Waals surface area (Å²) in [5.41, 5.74) is 4.54. The molecule has 0 aliphatic heterocycles. The molecule has 3 nitrogen and oxygen atoms in total. The fourth-order valence-corrected chi connectivity index (χ4v) is 2.58. The van der Waals surface area contributed by atoms with Crippen LogP contribution in [0.15, 0.2) is 17.1 Å². The van der Waals surface area contributed by atoms with E-state index in [-0.39, 0.29) is 5.54 Å². The molecule has 96 valence electrons. The van der Waals surface area contributed by atoms with Crippen LogP contribution in [-0.2, 0) is 10.3 Å². The lowest BCUT2D eigenvalue weighted by molar-refractivity contribution is 0.256. The highest BCUT2D eigenvalue weighted by atomic mass is 16.1. The molecule has 18 heavy (non-hydrogen) atoms. The van der Waals surface area contributed by atoms with E-state index in [1.54, 1.807) is 6.08 Å². The van der Waals surface area contributed by atoms with Gasteiger partial charge in [-0.25, -0.2) is 4.79 Å². The molecule has 0 bridgehead atoms. The van der Waals surface area contributed by atoms with Crippen molar-refractivity contribution in [2.24, 2.45) is 4.99 Å². The molecule has 1 aromatic carbocycles. The zero-order chi connectivity index (χ0) is 13.3. The fraction of sp³-hybridized carbons (Fsp3) is 0.533. The summed E-state index contributed by atoms with van der Waals surface area (Å²) < 4.78 is 0. The van der Waals surface area contributed by atoms with Crippen molar-refractivity contribution in [1.82, 2.24) is 0 Å². The van der Waals surface area contributed by atoms with Crippen molar-refractivity contribution in [3.8, 4) is 0 Å². The quantitative estimate of drug-likeness (QED) is 0.604. The van der Waals surface area contributed by atoms with E-state index in [4.69, 9.17) is 0 Å². The number of aliphatic imine (C=N–C) groups is 1. The second kappa shape index (κ2) is 4.58. The Morgan fingerprint density at radius 1 is 1.22 bits per heavy atom. The normalized spacial score (nSPS) is 16.7. The van der Waals surface area contributed by atoms with E-state index in [9.17, 15) is 4.79 Å². The highest BCUT2D eigenvalue weighted by Crippen LogP contribution is 2.48. The molecule has 0 saturated heterocycles. The summed E-state index contributed by atoms with van der Waals surface area (Å²) in [7, 11) is 4.06. The second-order valence-electron chi connectivity index (χ2n) is 5.44. The molecule has 1 aliphatic rings. The smallest absolute Gasteiger partial charge is 0.235 e. The van der Waals surface area contributed by atoms with Crippen LogP contribution in [0, 0.1) is 13.8 Å². The first-order valence-corrected chi connectivity index (χ1v) is 6.38. The number of benzene rings is 1. The van der Waals surface area contributed by atoms with Gasteiger partial charge in [-0.3, -0.25) is 0 Å². The Morgan fingerprint density at radius 3 is 2.28 bits per heavy atom. The number of hydrogen-bond donors (Lipinski definition) is 0. The number of anilines is 1. The average molecular weight is 244 g/mol. The van der Waals surface area contributed by atoms with E-state index >= 15 is 0 Å². The molecule has 0 radical (unpaired) electrons. The van der Waals surface area contributed by atoms with Crippen LogP contribution < -0.4 is 4.90 Å². The highest BCUT2D eigenvalue weighted by molar-refractivity contribution is 5.60. The fourth-order valence-electron chi connectivity index (χ4n) is 2.58. The van der Waals surface area contributed by atoms with Gasteiger partial charge in [-0.15, -0.1) is 0 Å². The van der Waals surface area contributed by atoms with Crippen LogP contribution in [0.25, 0.3) is 0 Å². The summed E-state index contributed by atoms with van der Waals surface area (Å²) in [5, 5.41) is 0. The predicted octanol–water partition coefficient (Wildman–Crippen LogP) is 3.08. The lowest BCUT2D eigenvalue weighted by Crippen LogP contribution is -2.34. The first-order chi connectivity index (χ1) is 8.50. The van der Waals surface area contributed by atoms with E-state index in [0.717, 1.165) is 24.9 Å². The Labute approximate surface area is 109 Å². The van der Waals surface area contributed by atoms with Gasteiger partial charge in [0.2, 0.25) is 6.08 Å². The first kappa shape index (κ1) is 12.8. The Balaban J connectivity index is 2.61. The topological polar surface area (TPSA) is 32.7 Å². The van der Waals surface area contributed by atoms with Crippen molar-refractivity contribution in [3.63, 3.8) is 0 Å². The molecule has 1 fully saturated rings. The summed E-state index contributed by atoms with van der Waals surface area (Å²) in [6.45, 7) is 4.22. The minimum Gasteiger partial charge on any atom is -0.377 e. The number of aryl methyl sites for hydroxylation is 2. The number of rotatable bonds is 3. The largest absolute Gasteiger partial charge is 0.377 e. The maximum Gasteiger partial charge on any atom is 0.235 e. The van der Waals surface area contributed by atoms with Gasteiger partial charge in [0.1, 0.15) is 5.54 Å². The van der Waals surface area contributed by atoms with Crippen molar-refractivity contribution < 1.29 is 4.79 Å². The molecule has 1 aliphatic carbocycles. The molecule has 0 amide bonds. The van der Waals surface area contributed by atoms with Gasteiger partial charge in [-0.05, 0) is 50.3 Å². The van der Waals surface area contributed by atoms with Crippen molar-refractivity contribution >= 4 is 11.8 Å². The molecule has 0 atom stereocenters. The van der Waals surface area contributed by atoms with Gasteiger partial charge in [0.05, 0.1) is 0 Å². The van der Waals surface area contributed by atoms with Gasteiger partial charge in [0.25, 0.3) is 0 Å². The summed E-state index contributed by atoms with van der Waals surface area (Å²) in [6.07, 6.45) is 4.80. The molecular formula is C15H20N2O. The number of nitrogens with zero attached hydrogens (tertiary/aromatic N) is 2. The van der Waals surface area contributed by atoms with Gasteiger partial charge in [0.15, 0.2) is 0 Å². The Hall–Kier alpha value is -1.60. The zero-order valence-electron chi connectivity index (χ0n) is 11.6. The molecule has 0 aromatic heterocycles. The molecule has 3 heteroatoms. The monoisotopic (exact) mass is 244 g/mol. The summed E-state index contributed by atoms with van der Waals surface area (Å²) in [4.78, 5) is 16.9. The molecule has 2 rings (SSSR count). The third-order valence-corrected chi connectivity index (χ3v) is 4.04. The molecule has 0 unspecified atom stereocenters. The third kappa shape index (κ3) is 1.95. The minimum absolute atomic E-state index is 0.320. The van der Waals surface area contributed by atoms with Gasteiger partial charge >= 0.3 is 0 Å². The van der Waals surface area contributed by atoms with Crippen LogP contribution in [0.2, 0.25) is 0 Å².